The number of fused-ring (bicyclic) bond motifs is 1. The quantitative estimate of drug-likeness (QED) is 0.692. The van der Waals surface area contributed by atoms with Crippen LogP contribution in [0.4, 0.5) is 10.8 Å². The Kier molecular flexibility index (Phi) is 4.63. The fourth-order valence-corrected chi connectivity index (χ4v) is 4.30. The molecular weight excluding hydrogens is 402 g/mol. The van der Waals surface area contributed by atoms with Crippen molar-refractivity contribution in [1.82, 2.24) is 4.98 Å². The molecule has 1 fully saturated rings. The van der Waals surface area contributed by atoms with E-state index in [1.165, 1.54) is 16.9 Å². The van der Waals surface area contributed by atoms with Crippen molar-refractivity contribution in [3.8, 4) is 22.8 Å². The lowest BCUT2D eigenvalue weighted by Gasteiger charge is -2.17. The standard InChI is InChI=1S/C22H19N3O4S/c1-13-2-4-14(5-3-13)17-11-30-22(23-17)24-21(27)15-8-20(26)25(10-15)16-6-7-18-19(9-16)29-12-28-18/h2-7,9,11,15H,8,10,12H2,1H3,(H,23,24,27). The number of amides is 2. The summed E-state index contributed by atoms with van der Waals surface area (Å²) in [6.45, 7) is 2.53. The number of benzene rings is 2. The third kappa shape index (κ3) is 3.50. The monoisotopic (exact) mass is 421 g/mol. The summed E-state index contributed by atoms with van der Waals surface area (Å²) in [5, 5.41) is 5.31. The molecule has 3 heterocycles. The van der Waals surface area contributed by atoms with Crippen molar-refractivity contribution >= 4 is 34.0 Å². The van der Waals surface area contributed by atoms with Crippen molar-refractivity contribution in [2.24, 2.45) is 5.92 Å². The highest BCUT2D eigenvalue weighted by atomic mass is 32.1. The van der Waals surface area contributed by atoms with Crippen LogP contribution in [0.15, 0.2) is 47.8 Å². The van der Waals surface area contributed by atoms with E-state index in [0.29, 0.717) is 28.9 Å². The molecule has 2 aliphatic rings. The molecule has 8 heteroatoms. The minimum Gasteiger partial charge on any atom is -0.454 e. The van der Waals surface area contributed by atoms with E-state index in [1.54, 1.807) is 23.1 Å². The number of ether oxygens (including phenoxy) is 2. The van der Waals surface area contributed by atoms with E-state index in [1.807, 2.05) is 36.6 Å². The number of nitrogens with one attached hydrogen (secondary N) is 1. The predicted octanol–water partition coefficient (Wildman–Crippen LogP) is 3.84. The molecule has 5 rings (SSSR count). The Morgan fingerprint density at radius 1 is 1.17 bits per heavy atom. The molecule has 2 aliphatic heterocycles. The zero-order valence-electron chi connectivity index (χ0n) is 16.3. The van der Waals surface area contributed by atoms with Crippen LogP contribution < -0.4 is 19.7 Å². The largest absolute Gasteiger partial charge is 0.454 e. The molecule has 3 aromatic rings. The number of nitrogens with zero attached hydrogens (tertiary/aromatic N) is 2. The van der Waals surface area contributed by atoms with Crippen LogP contribution in [0.25, 0.3) is 11.3 Å². The topological polar surface area (TPSA) is 80.8 Å². The lowest BCUT2D eigenvalue weighted by molar-refractivity contribution is -0.122. The van der Waals surface area contributed by atoms with Gasteiger partial charge in [-0.15, -0.1) is 11.3 Å². The second-order valence-electron chi connectivity index (χ2n) is 7.34. The Bertz CT molecular complexity index is 1130. The Hall–Kier alpha value is -3.39. The van der Waals surface area contributed by atoms with E-state index >= 15 is 0 Å². The van der Waals surface area contributed by atoms with Gasteiger partial charge in [0.15, 0.2) is 16.6 Å². The van der Waals surface area contributed by atoms with Crippen LogP contribution >= 0.6 is 11.3 Å². The molecule has 1 N–H and O–H groups in total. The van der Waals surface area contributed by atoms with Crippen molar-refractivity contribution in [1.29, 1.82) is 0 Å². The maximum absolute atomic E-state index is 12.7. The minimum absolute atomic E-state index is 0.0894. The molecule has 30 heavy (non-hydrogen) atoms. The van der Waals surface area contributed by atoms with E-state index in [9.17, 15) is 9.59 Å². The summed E-state index contributed by atoms with van der Waals surface area (Å²) in [6.07, 6.45) is 0.163. The lowest BCUT2D eigenvalue weighted by atomic mass is 10.1. The second kappa shape index (κ2) is 7.46. The molecule has 7 nitrogen and oxygen atoms in total. The highest BCUT2D eigenvalue weighted by Gasteiger charge is 2.36. The zero-order chi connectivity index (χ0) is 20.7. The number of thiazole rings is 1. The molecule has 1 saturated heterocycles. The van der Waals surface area contributed by atoms with E-state index in [-0.39, 0.29) is 25.0 Å². The number of carbonyl (C=O) groups is 2. The van der Waals surface area contributed by atoms with Gasteiger partial charge in [-0.25, -0.2) is 4.98 Å². The van der Waals surface area contributed by atoms with Crippen LogP contribution in [0, 0.1) is 12.8 Å². The van der Waals surface area contributed by atoms with Crippen molar-refractivity contribution in [3.05, 3.63) is 53.4 Å². The SMILES string of the molecule is Cc1ccc(-c2csc(NC(=O)C3CC(=O)N(c4ccc5c(c4)OCO5)C3)n2)cc1. The van der Waals surface area contributed by atoms with Crippen LogP contribution in [0.5, 0.6) is 11.5 Å². The molecule has 152 valence electrons. The van der Waals surface area contributed by atoms with Gasteiger partial charge in [0, 0.05) is 35.7 Å². The predicted molar refractivity (Wildman–Crippen MR) is 114 cm³/mol. The normalized spacial score (nSPS) is 17.4. The van der Waals surface area contributed by atoms with Crippen LogP contribution in [0.2, 0.25) is 0 Å². The highest BCUT2D eigenvalue weighted by molar-refractivity contribution is 7.14. The summed E-state index contributed by atoms with van der Waals surface area (Å²) in [7, 11) is 0. The smallest absolute Gasteiger partial charge is 0.231 e. The lowest BCUT2D eigenvalue weighted by Crippen LogP contribution is -2.28. The first-order valence-electron chi connectivity index (χ1n) is 9.60. The van der Waals surface area contributed by atoms with Gasteiger partial charge in [-0.1, -0.05) is 29.8 Å². The van der Waals surface area contributed by atoms with Gasteiger partial charge in [0.25, 0.3) is 0 Å². The van der Waals surface area contributed by atoms with Gasteiger partial charge in [0.1, 0.15) is 0 Å². The number of aromatic nitrogens is 1. The zero-order valence-corrected chi connectivity index (χ0v) is 17.1. The van der Waals surface area contributed by atoms with E-state index in [0.717, 1.165) is 11.3 Å². The Morgan fingerprint density at radius 2 is 1.97 bits per heavy atom. The Labute approximate surface area is 177 Å². The van der Waals surface area contributed by atoms with Crippen molar-refractivity contribution < 1.29 is 19.1 Å². The second-order valence-corrected chi connectivity index (χ2v) is 8.19. The van der Waals surface area contributed by atoms with E-state index in [4.69, 9.17) is 9.47 Å². The summed E-state index contributed by atoms with van der Waals surface area (Å²) < 4.78 is 10.7. The van der Waals surface area contributed by atoms with Crippen LogP contribution in [-0.4, -0.2) is 30.1 Å². The van der Waals surface area contributed by atoms with E-state index in [2.05, 4.69) is 10.3 Å². The van der Waals surface area contributed by atoms with Gasteiger partial charge in [0.05, 0.1) is 11.6 Å². The molecule has 0 saturated carbocycles. The fourth-order valence-electron chi connectivity index (χ4n) is 3.58. The molecule has 0 radical (unpaired) electrons. The van der Waals surface area contributed by atoms with Gasteiger partial charge in [0.2, 0.25) is 18.6 Å². The first-order chi connectivity index (χ1) is 14.6. The third-order valence-corrected chi connectivity index (χ3v) is 6.00. The molecule has 1 aromatic heterocycles. The number of hydrogen-bond acceptors (Lipinski definition) is 6. The van der Waals surface area contributed by atoms with Crippen LogP contribution in [-0.2, 0) is 9.59 Å². The summed E-state index contributed by atoms with van der Waals surface area (Å²) in [5.74, 6) is 0.548. The van der Waals surface area contributed by atoms with Crippen molar-refractivity contribution in [2.45, 2.75) is 13.3 Å². The maximum atomic E-state index is 12.7. The molecule has 1 unspecified atom stereocenters. The first-order valence-corrected chi connectivity index (χ1v) is 10.5. The minimum atomic E-state index is -0.436. The Morgan fingerprint density at radius 3 is 2.80 bits per heavy atom. The van der Waals surface area contributed by atoms with Gasteiger partial charge in [-0.2, -0.15) is 0 Å². The molecular formula is C22H19N3O4S. The van der Waals surface area contributed by atoms with Gasteiger partial charge in [-0.05, 0) is 19.1 Å². The summed E-state index contributed by atoms with van der Waals surface area (Å²) >= 11 is 1.38. The molecule has 2 aromatic carbocycles. The van der Waals surface area contributed by atoms with Crippen molar-refractivity contribution in [3.63, 3.8) is 0 Å². The average molecular weight is 421 g/mol. The van der Waals surface area contributed by atoms with Gasteiger partial charge >= 0.3 is 0 Å². The van der Waals surface area contributed by atoms with Gasteiger partial charge < -0.3 is 19.7 Å². The molecule has 2 amide bonds. The Balaban J connectivity index is 1.26. The molecule has 0 bridgehead atoms. The summed E-state index contributed by atoms with van der Waals surface area (Å²) in [5.41, 5.74) is 3.71. The number of aryl methyl sites for hydroxylation is 1. The molecule has 0 aliphatic carbocycles. The summed E-state index contributed by atoms with van der Waals surface area (Å²) in [4.78, 5) is 31.4. The van der Waals surface area contributed by atoms with Crippen molar-refractivity contribution in [2.75, 3.05) is 23.6 Å². The maximum Gasteiger partial charge on any atom is 0.231 e. The fraction of sp³-hybridized carbons (Fsp3) is 0.227. The molecule has 1 atom stereocenters. The van der Waals surface area contributed by atoms with Crippen LogP contribution in [0.3, 0.4) is 0 Å². The number of hydrogen-bond donors (Lipinski definition) is 1. The average Bonchev–Trinajstić information content (AvgIpc) is 3.47. The van der Waals surface area contributed by atoms with Crippen LogP contribution in [0.1, 0.15) is 12.0 Å². The highest BCUT2D eigenvalue weighted by Crippen LogP contribution is 2.37. The first kappa shape index (κ1) is 18.6. The number of anilines is 2. The number of rotatable bonds is 4. The van der Waals surface area contributed by atoms with Gasteiger partial charge in [-0.3, -0.25) is 9.59 Å². The molecule has 0 spiro atoms. The number of carbonyl (C=O) groups excluding carboxylic acids is 2. The third-order valence-electron chi connectivity index (χ3n) is 5.25. The van der Waals surface area contributed by atoms with E-state index < -0.39 is 5.92 Å². The summed E-state index contributed by atoms with van der Waals surface area (Å²) in [6, 6.07) is 13.4.